The van der Waals surface area contributed by atoms with E-state index in [1.807, 2.05) is 24.3 Å². The van der Waals surface area contributed by atoms with E-state index in [4.69, 9.17) is 9.15 Å². The highest BCUT2D eigenvalue weighted by molar-refractivity contribution is 6.04. The van der Waals surface area contributed by atoms with Gasteiger partial charge in [0.15, 0.2) is 6.61 Å². The molecule has 0 spiro atoms. The predicted molar refractivity (Wildman–Crippen MR) is 103 cm³/mol. The fourth-order valence-corrected chi connectivity index (χ4v) is 2.93. The summed E-state index contributed by atoms with van der Waals surface area (Å²) >= 11 is 0. The van der Waals surface area contributed by atoms with Crippen molar-refractivity contribution in [2.45, 2.75) is 32.6 Å². The first kappa shape index (κ1) is 18.0. The number of rotatable bonds is 8. The third kappa shape index (κ3) is 4.23. The van der Waals surface area contributed by atoms with Crippen LogP contribution >= 0.6 is 0 Å². The van der Waals surface area contributed by atoms with Crippen molar-refractivity contribution >= 4 is 27.6 Å². The van der Waals surface area contributed by atoms with Crippen molar-refractivity contribution in [3.63, 3.8) is 0 Å². The van der Waals surface area contributed by atoms with E-state index in [-0.39, 0.29) is 18.1 Å². The maximum Gasteiger partial charge on any atom is 0.344 e. The number of fused-ring (bicyclic) bond motifs is 3. The van der Waals surface area contributed by atoms with Gasteiger partial charge in [-0.3, -0.25) is 4.79 Å². The van der Waals surface area contributed by atoms with E-state index >= 15 is 0 Å². The molecule has 1 aromatic heterocycles. The normalized spacial score (nSPS) is 11.0. The van der Waals surface area contributed by atoms with Gasteiger partial charge in [-0.15, -0.1) is 0 Å². The first-order valence-corrected chi connectivity index (χ1v) is 9.04. The van der Waals surface area contributed by atoms with Crippen LogP contribution in [-0.4, -0.2) is 19.1 Å². The molecule has 0 bridgehead atoms. The second-order valence-electron chi connectivity index (χ2n) is 6.29. The zero-order valence-corrected chi connectivity index (χ0v) is 14.9. The molecule has 0 radical (unpaired) electrons. The Bertz CT molecular complexity index is 961. The summed E-state index contributed by atoms with van der Waals surface area (Å²) in [5.74, 6) is 0.346. The van der Waals surface area contributed by atoms with Crippen LogP contribution in [0.1, 0.15) is 32.6 Å². The largest absolute Gasteiger partial charge is 0.484 e. The molecule has 0 aliphatic rings. The number of unbranched alkanes of at least 4 members (excludes halogenated alkanes) is 3. The van der Waals surface area contributed by atoms with Crippen LogP contribution in [0.3, 0.4) is 0 Å². The highest BCUT2D eigenvalue weighted by atomic mass is 16.5. The Labute approximate surface area is 152 Å². The van der Waals surface area contributed by atoms with E-state index in [9.17, 15) is 9.59 Å². The fourth-order valence-electron chi connectivity index (χ4n) is 2.93. The number of nitrogens with one attached hydrogen (secondary N) is 1. The molecule has 0 atom stereocenters. The minimum absolute atomic E-state index is 0.0584. The smallest absolute Gasteiger partial charge is 0.344 e. The van der Waals surface area contributed by atoms with Crippen molar-refractivity contribution in [2.75, 3.05) is 13.2 Å². The van der Waals surface area contributed by atoms with E-state index in [2.05, 4.69) is 12.2 Å². The average Bonchev–Trinajstić information content (AvgIpc) is 2.66. The minimum atomic E-state index is -0.380. The molecule has 1 N–H and O–H groups in total. The zero-order chi connectivity index (χ0) is 18.4. The lowest BCUT2D eigenvalue weighted by atomic mass is 10.1. The van der Waals surface area contributed by atoms with Gasteiger partial charge in [-0.05, 0) is 30.0 Å². The van der Waals surface area contributed by atoms with Crippen LogP contribution in [0.4, 0.5) is 0 Å². The molecule has 0 unspecified atom stereocenters. The number of hydrogen-bond donors (Lipinski definition) is 1. The number of amides is 1. The molecule has 5 nitrogen and oxygen atoms in total. The number of hydrogen-bond acceptors (Lipinski definition) is 4. The minimum Gasteiger partial charge on any atom is -0.484 e. The van der Waals surface area contributed by atoms with E-state index in [0.717, 1.165) is 23.6 Å². The molecule has 136 valence electrons. The molecule has 2 aromatic carbocycles. The highest BCUT2D eigenvalue weighted by Gasteiger charge is 2.09. The Morgan fingerprint density at radius 3 is 2.65 bits per heavy atom. The third-order valence-corrected chi connectivity index (χ3v) is 4.32. The lowest BCUT2D eigenvalue weighted by Crippen LogP contribution is -2.29. The summed E-state index contributed by atoms with van der Waals surface area (Å²) in [6.45, 7) is 2.76. The lowest BCUT2D eigenvalue weighted by molar-refractivity contribution is -0.123. The molecular weight excluding hydrogens is 330 g/mol. The van der Waals surface area contributed by atoms with Gasteiger partial charge in [-0.1, -0.05) is 44.4 Å². The molecule has 3 rings (SSSR count). The first-order valence-electron chi connectivity index (χ1n) is 9.04. The Kier molecular flexibility index (Phi) is 5.89. The van der Waals surface area contributed by atoms with Gasteiger partial charge in [0.2, 0.25) is 0 Å². The van der Waals surface area contributed by atoms with E-state index in [1.165, 1.54) is 12.8 Å². The highest BCUT2D eigenvalue weighted by Crippen LogP contribution is 2.26. The Hall–Kier alpha value is -2.82. The van der Waals surface area contributed by atoms with Gasteiger partial charge in [0.05, 0.1) is 5.39 Å². The summed E-state index contributed by atoms with van der Waals surface area (Å²) in [6, 6.07) is 12.6. The summed E-state index contributed by atoms with van der Waals surface area (Å²) in [7, 11) is 0. The number of carbonyl (C=O) groups excluding carboxylic acids is 1. The number of carbonyl (C=O) groups is 1. The van der Waals surface area contributed by atoms with Crippen molar-refractivity contribution in [1.82, 2.24) is 5.32 Å². The standard InChI is InChI=1S/C21H23NO4/c1-2-3-4-7-12-22-20(23)14-25-15-10-11-17-16-8-5-6-9-18(16)21(24)26-19(17)13-15/h5-6,8-11,13H,2-4,7,12,14H2,1H3,(H,22,23). The first-order chi connectivity index (χ1) is 12.7. The van der Waals surface area contributed by atoms with Crippen LogP contribution in [0.2, 0.25) is 0 Å². The van der Waals surface area contributed by atoms with E-state index in [1.54, 1.807) is 18.2 Å². The molecule has 0 saturated carbocycles. The van der Waals surface area contributed by atoms with E-state index in [0.29, 0.717) is 23.3 Å². The average molecular weight is 353 g/mol. The Balaban J connectivity index is 1.65. The van der Waals surface area contributed by atoms with Crippen molar-refractivity contribution in [3.8, 4) is 5.75 Å². The van der Waals surface area contributed by atoms with Gasteiger partial charge in [0.1, 0.15) is 11.3 Å². The molecule has 0 saturated heterocycles. The number of ether oxygens (including phenoxy) is 1. The summed E-state index contributed by atoms with van der Waals surface area (Å²) in [5, 5.41) is 5.08. The molecule has 0 aliphatic heterocycles. The summed E-state index contributed by atoms with van der Waals surface area (Å²) < 4.78 is 10.9. The Morgan fingerprint density at radius 2 is 1.85 bits per heavy atom. The summed E-state index contributed by atoms with van der Waals surface area (Å²) in [6.07, 6.45) is 4.46. The summed E-state index contributed by atoms with van der Waals surface area (Å²) in [4.78, 5) is 23.9. The molecular formula is C21H23NO4. The topological polar surface area (TPSA) is 68.5 Å². The van der Waals surface area contributed by atoms with Gasteiger partial charge in [-0.2, -0.15) is 0 Å². The van der Waals surface area contributed by atoms with E-state index < -0.39 is 0 Å². The molecule has 26 heavy (non-hydrogen) atoms. The third-order valence-electron chi connectivity index (χ3n) is 4.32. The monoisotopic (exact) mass is 353 g/mol. The van der Waals surface area contributed by atoms with Crippen LogP contribution < -0.4 is 15.7 Å². The number of benzene rings is 2. The van der Waals surface area contributed by atoms with Gasteiger partial charge < -0.3 is 14.5 Å². The molecule has 3 aromatic rings. The predicted octanol–water partition coefficient (Wildman–Crippen LogP) is 4.02. The summed E-state index contributed by atoms with van der Waals surface area (Å²) in [5.41, 5.74) is 0.0706. The fraction of sp³-hybridized carbons (Fsp3) is 0.333. The maximum atomic E-state index is 12.1. The Morgan fingerprint density at radius 1 is 1.04 bits per heavy atom. The molecule has 1 amide bonds. The van der Waals surface area contributed by atoms with Crippen LogP contribution in [0.5, 0.6) is 5.75 Å². The molecule has 1 heterocycles. The molecule has 5 heteroatoms. The molecule has 0 aliphatic carbocycles. The van der Waals surface area contributed by atoms with Crippen LogP contribution in [0.15, 0.2) is 51.7 Å². The van der Waals surface area contributed by atoms with Crippen molar-refractivity contribution in [3.05, 3.63) is 52.9 Å². The van der Waals surface area contributed by atoms with Crippen molar-refractivity contribution in [2.24, 2.45) is 0 Å². The van der Waals surface area contributed by atoms with Crippen LogP contribution in [0, 0.1) is 0 Å². The van der Waals surface area contributed by atoms with Crippen LogP contribution in [-0.2, 0) is 4.79 Å². The quantitative estimate of drug-likeness (QED) is 0.377. The van der Waals surface area contributed by atoms with Gasteiger partial charge in [0.25, 0.3) is 5.91 Å². The van der Waals surface area contributed by atoms with Crippen molar-refractivity contribution < 1.29 is 13.9 Å². The second kappa shape index (κ2) is 8.52. The van der Waals surface area contributed by atoms with Crippen LogP contribution in [0.25, 0.3) is 21.7 Å². The lowest BCUT2D eigenvalue weighted by Gasteiger charge is -2.08. The van der Waals surface area contributed by atoms with Gasteiger partial charge in [-0.25, -0.2) is 4.79 Å². The van der Waals surface area contributed by atoms with Crippen molar-refractivity contribution in [1.29, 1.82) is 0 Å². The maximum absolute atomic E-state index is 12.1. The molecule has 0 fully saturated rings. The zero-order valence-electron chi connectivity index (χ0n) is 14.9. The SMILES string of the molecule is CCCCCCNC(=O)COc1ccc2c(c1)oc(=O)c1ccccc12. The second-order valence-corrected chi connectivity index (χ2v) is 6.29. The van der Waals surface area contributed by atoms with Gasteiger partial charge in [0, 0.05) is 18.0 Å². The van der Waals surface area contributed by atoms with Gasteiger partial charge >= 0.3 is 5.63 Å².